The highest BCUT2D eigenvalue weighted by molar-refractivity contribution is 5.64. The fourth-order valence-electron chi connectivity index (χ4n) is 2.59. The molecule has 0 aromatic heterocycles. The minimum atomic E-state index is -0.150. The van der Waals surface area contributed by atoms with E-state index in [1.165, 1.54) is 11.1 Å². The van der Waals surface area contributed by atoms with Gasteiger partial charge < -0.3 is 0 Å². The molecule has 84 valence electrons. The topological polar surface area (TPSA) is 12.4 Å². The lowest BCUT2D eigenvalue weighted by atomic mass is 9.81. The van der Waals surface area contributed by atoms with Crippen LogP contribution in [0.25, 0.3) is 0 Å². The molecule has 0 bridgehead atoms. The van der Waals surface area contributed by atoms with Crippen molar-refractivity contribution >= 4 is 6.21 Å². The van der Waals surface area contributed by atoms with Crippen LogP contribution in [0.3, 0.4) is 0 Å². The Kier molecular flexibility index (Phi) is 2.52. The van der Waals surface area contributed by atoms with Gasteiger partial charge in [0.2, 0.25) is 0 Å². The van der Waals surface area contributed by atoms with Gasteiger partial charge in [-0.05, 0) is 24.0 Å². The number of nitrogens with zero attached hydrogens (tertiary/aromatic N) is 1. The van der Waals surface area contributed by atoms with Crippen molar-refractivity contribution in [1.82, 2.24) is 0 Å². The molecule has 3 rings (SSSR count). The first kappa shape index (κ1) is 10.3. The summed E-state index contributed by atoms with van der Waals surface area (Å²) in [6, 6.07) is 21.2. The first-order valence-corrected chi connectivity index (χ1v) is 6.06. The second-order valence-electron chi connectivity index (χ2n) is 4.44. The Morgan fingerprint density at radius 1 is 0.765 bits per heavy atom. The number of benzene rings is 2. The molecule has 0 fully saturated rings. The summed E-state index contributed by atoms with van der Waals surface area (Å²) in [6.45, 7) is 0. The van der Waals surface area contributed by atoms with Crippen LogP contribution in [0.2, 0.25) is 0 Å². The Labute approximate surface area is 102 Å². The predicted molar refractivity (Wildman–Crippen MR) is 71.4 cm³/mol. The SMILES string of the molecule is C1=NC(c2ccccc2)(c2ccccc2)CC1. The van der Waals surface area contributed by atoms with Gasteiger partial charge in [-0.15, -0.1) is 0 Å². The molecule has 0 N–H and O–H groups in total. The average Bonchev–Trinajstić information content (AvgIpc) is 2.91. The molecule has 0 aliphatic carbocycles. The molecule has 0 unspecified atom stereocenters. The predicted octanol–water partition coefficient (Wildman–Crippen LogP) is 3.79. The zero-order chi connectivity index (χ0) is 11.6. The fraction of sp³-hybridized carbons (Fsp3) is 0.188. The van der Waals surface area contributed by atoms with Crippen molar-refractivity contribution in [1.29, 1.82) is 0 Å². The lowest BCUT2D eigenvalue weighted by Gasteiger charge is -2.27. The van der Waals surface area contributed by atoms with Crippen LogP contribution in [0.4, 0.5) is 0 Å². The van der Waals surface area contributed by atoms with Crippen LogP contribution in [0.5, 0.6) is 0 Å². The molecule has 0 saturated carbocycles. The second kappa shape index (κ2) is 4.17. The standard InChI is InChI=1S/C16H15N/c1-3-8-14(9-4-1)16(12-7-13-17-16)15-10-5-2-6-11-15/h1-6,8-11,13H,7,12H2. The third-order valence-electron chi connectivity index (χ3n) is 3.45. The molecule has 2 aromatic rings. The van der Waals surface area contributed by atoms with Crippen molar-refractivity contribution in [3.63, 3.8) is 0 Å². The summed E-state index contributed by atoms with van der Waals surface area (Å²) in [6.07, 6.45) is 4.19. The lowest BCUT2D eigenvalue weighted by Crippen LogP contribution is -2.22. The van der Waals surface area contributed by atoms with Crippen molar-refractivity contribution in [3.05, 3.63) is 71.8 Å². The number of aliphatic imine (C=N–C) groups is 1. The van der Waals surface area contributed by atoms with Gasteiger partial charge in [-0.25, -0.2) is 0 Å². The van der Waals surface area contributed by atoms with Crippen molar-refractivity contribution in [2.45, 2.75) is 18.4 Å². The third-order valence-corrected chi connectivity index (χ3v) is 3.45. The van der Waals surface area contributed by atoms with Crippen molar-refractivity contribution in [2.75, 3.05) is 0 Å². The highest BCUT2D eigenvalue weighted by atomic mass is 14.9. The Balaban J connectivity index is 2.15. The molecule has 1 nitrogen and oxygen atoms in total. The molecular formula is C16H15N. The molecule has 0 radical (unpaired) electrons. The van der Waals surface area contributed by atoms with Crippen LogP contribution in [-0.2, 0) is 5.54 Å². The highest BCUT2D eigenvalue weighted by Crippen LogP contribution is 2.40. The Bertz CT molecular complexity index is 474. The van der Waals surface area contributed by atoms with Gasteiger partial charge in [0, 0.05) is 6.21 Å². The first-order chi connectivity index (χ1) is 8.42. The van der Waals surface area contributed by atoms with Crippen LogP contribution in [0.15, 0.2) is 65.7 Å². The molecule has 2 aromatic carbocycles. The van der Waals surface area contributed by atoms with Gasteiger partial charge in [0.15, 0.2) is 0 Å². The molecule has 0 saturated heterocycles. The highest BCUT2D eigenvalue weighted by Gasteiger charge is 2.34. The molecule has 17 heavy (non-hydrogen) atoms. The maximum absolute atomic E-state index is 4.78. The Hall–Kier alpha value is -1.89. The van der Waals surface area contributed by atoms with Gasteiger partial charge in [-0.1, -0.05) is 60.7 Å². The zero-order valence-corrected chi connectivity index (χ0v) is 9.71. The summed E-state index contributed by atoms with van der Waals surface area (Å²) in [4.78, 5) is 4.78. The summed E-state index contributed by atoms with van der Waals surface area (Å²) in [5, 5.41) is 0. The molecule has 0 amide bonds. The van der Waals surface area contributed by atoms with Crippen LogP contribution >= 0.6 is 0 Å². The molecular weight excluding hydrogens is 206 g/mol. The zero-order valence-electron chi connectivity index (χ0n) is 9.71. The van der Waals surface area contributed by atoms with Crippen LogP contribution in [-0.4, -0.2) is 6.21 Å². The minimum absolute atomic E-state index is 0.150. The van der Waals surface area contributed by atoms with Crippen LogP contribution < -0.4 is 0 Å². The van der Waals surface area contributed by atoms with E-state index in [4.69, 9.17) is 4.99 Å². The van der Waals surface area contributed by atoms with E-state index >= 15 is 0 Å². The van der Waals surface area contributed by atoms with E-state index < -0.39 is 0 Å². The average molecular weight is 221 g/mol. The van der Waals surface area contributed by atoms with E-state index in [2.05, 4.69) is 66.9 Å². The van der Waals surface area contributed by atoms with Gasteiger partial charge in [0.25, 0.3) is 0 Å². The van der Waals surface area contributed by atoms with Crippen LogP contribution in [0.1, 0.15) is 24.0 Å². The Morgan fingerprint density at radius 3 is 1.71 bits per heavy atom. The summed E-state index contributed by atoms with van der Waals surface area (Å²) in [5.41, 5.74) is 2.43. The van der Waals surface area contributed by atoms with E-state index in [0.717, 1.165) is 12.8 Å². The van der Waals surface area contributed by atoms with E-state index in [0.29, 0.717) is 0 Å². The number of rotatable bonds is 2. The van der Waals surface area contributed by atoms with E-state index in [-0.39, 0.29) is 5.54 Å². The molecule has 1 heterocycles. The smallest absolute Gasteiger partial charge is 0.111 e. The van der Waals surface area contributed by atoms with E-state index in [1.54, 1.807) is 0 Å². The monoisotopic (exact) mass is 221 g/mol. The van der Waals surface area contributed by atoms with Gasteiger partial charge in [0.05, 0.1) is 0 Å². The third kappa shape index (κ3) is 1.68. The number of hydrogen-bond acceptors (Lipinski definition) is 1. The summed E-state index contributed by atoms with van der Waals surface area (Å²) in [5.74, 6) is 0. The van der Waals surface area contributed by atoms with E-state index in [1.807, 2.05) is 0 Å². The minimum Gasteiger partial charge on any atom is -0.281 e. The van der Waals surface area contributed by atoms with Gasteiger partial charge >= 0.3 is 0 Å². The largest absolute Gasteiger partial charge is 0.281 e. The molecule has 1 aliphatic rings. The molecule has 1 heteroatoms. The maximum Gasteiger partial charge on any atom is 0.111 e. The van der Waals surface area contributed by atoms with E-state index in [9.17, 15) is 0 Å². The molecule has 0 atom stereocenters. The summed E-state index contributed by atoms with van der Waals surface area (Å²) >= 11 is 0. The Morgan fingerprint density at radius 2 is 1.29 bits per heavy atom. The van der Waals surface area contributed by atoms with Gasteiger partial charge in [0.1, 0.15) is 5.54 Å². The quantitative estimate of drug-likeness (QED) is 0.731. The first-order valence-electron chi connectivity index (χ1n) is 6.06. The molecule has 0 spiro atoms. The molecule has 1 aliphatic heterocycles. The summed E-state index contributed by atoms with van der Waals surface area (Å²) in [7, 11) is 0. The van der Waals surface area contributed by atoms with Crippen molar-refractivity contribution < 1.29 is 0 Å². The van der Waals surface area contributed by atoms with Crippen molar-refractivity contribution in [3.8, 4) is 0 Å². The normalized spacial score (nSPS) is 17.2. The van der Waals surface area contributed by atoms with Gasteiger partial charge in [-0.3, -0.25) is 4.99 Å². The van der Waals surface area contributed by atoms with Gasteiger partial charge in [-0.2, -0.15) is 0 Å². The summed E-state index contributed by atoms with van der Waals surface area (Å²) < 4.78 is 0. The second-order valence-corrected chi connectivity index (χ2v) is 4.44. The lowest BCUT2D eigenvalue weighted by molar-refractivity contribution is 0.541. The maximum atomic E-state index is 4.78. The fourth-order valence-corrected chi connectivity index (χ4v) is 2.59. The van der Waals surface area contributed by atoms with Crippen molar-refractivity contribution in [2.24, 2.45) is 4.99 Å². The number of hydrogen-bond donors (Lipinski definition) is 0. The van der Waals surface area contributed by atoms with Crippen LogP contribution in [0, 0.1) is 0 Å².